The van der Waals surface area contributed by atoms with E-state index < -0.39 is 0 Å². The van der Waals surface area contributed by atoms with Crippen molar-refractivity contribution < 1.29 is 0 Å². The van der Waals surface area contributed by atoms with Crippen LogP contribution in [0.2, 0.25) is 0 Å². The fraction of sp³-hybridized carbons (Fsp3) is 0.625. The Labute approximate surface area is 129 Å². The molecule has 1 aromatic rings. The first-order chi connectivity index (χ1) is 8.51. The molecule has 0 aromatic heterocycles. The van der Waals surface area contributed by atoms with E-state index in [0.717, 1.165) is 5.92 Å². The second-order valence-corrected chi connectivity index (χ2v) is 7.01. The van der Waals surface area contributed by atoms with E-state index in [1.54, 1.807) is 0 Å². The van der Waals surface area contributed by atoms with Gasteiger partial charge in [-0.25, -0.2) is 0 Å². The van der Waals surface area contributed by atoms with Crippen LogP contribution < -0.4 is 0 Å². The molecule has 2 unspecified atom stereocenters. The Balaban J connectivity index is 2.94. The van der Waals surface area contributed by atoms with Crippen LogP contribution in [0.25, 0.3) is 0 Å². The van der Waals surface area contributed by atoms with Crippen molar-refractivity contribution in [1.82, 2.24) is 0 Å². The van der Waals surface area contributed by atoms with Gasteiger partial charge in [0.1, 0.15) is 0 Å². The lowest BCUT2D eigenvalue weighted by Gasteiger charge is -2.23. The smallest absolute Gasteiger partial charge is 0.0426 e. The van der Waals surface area contributed by atoms with E-state index in [0.29, 0.717) is 4.83 Å². The van der Waals surface area contributed by atoms with E-state index in [2.05, 4.69) is 71.7 Å². The normalized spacial score (nSPS) is 14.6. The van der Waals surface area contributed by atoms with Gasteiger partial charge in [0.25, 0.3) is 0 Å². The first-order valence-electron chi connectivity index (χ1n) is 6.91. The zero-order valence-corrected chi connectivity index (χ0v) is 15.1. The number of halogens is 2. The van der Waals surface area contributed by atoms with Crippen molar-refractivity contribution in [3.8, 4) is 0 Å². The third-order valence-electron chi connectivity index (χ3n) is 3.71. The van der Waals surface area contributed by atoms with E-state index in [4.69, 9.17) is 0 Å². The van der Waals surface area contributed by atoms with Crippen molar-refractivity contribution in [2.24, 2.45) is 5.92 Å². The standard InChI is InChI=1S/C16H24Br2/c1-5-7-8-13(6-2)16(18)14-9-12(4)15(17)10-11(14)3/h9-10,13,16H,5-8H2,1-4H3. The molecule has 18 heavy (non-hydrogen) atoms. The van der Waals surface area contributed by atoms with Gasteiger partial charge in [0.05, 0.1) is 0 Å². The van der Waals surface area contributed by atoms with Crippen molar-refractivity contribution in [3.05, 3.63) is 33.3 Å². The number of unbranched alkanes of at least 4 members (excludes halogenated alkanes) is 1. The van der Waals surface area contributed by atoms with Gasteiger partial charge in [0, 0.05) is 9.30 Å². The number of benzene rings is 1. The summed E-state index contributed by atoms with van der Waals surface area (Å²) in [6.07, 6.45) is 5.17. The predicted molar refractivity (Wildman–Crippen MR) is 88.6 cm³/mol. The second kappa shape index (κ2) is 7.69. The summed E-state index contributed by atoms with van der Waals surface area (Å²) in [5.74, 6) is 0.740. The number of hydrogen-bond acceptors (Lipinski definition) is 0. The van der Waals surface area contributed by atoms with Gasteiger partial charge in [0.15, 0.2) is 0 Å². The van der Waals surface area contributed by atoms with Gasteiger partial charge in [-0.3, -0.25) is 0 Å². The molecular formula is C16H24Br2. The van der Waals surface area contributed by atoms with Crippen molar-refractivity contribution in [3.63, 3.8) is 0 Å². The molecule has 0 heterocycles. The maximum atomic E-state index is 3.94. The Hall–Kier alpha value is 0.180. The minimum Gasteiger partial charge on any atom is -0.0836 e. The highest BCUT2D eigenvalue weighted by atomic mass is 79.9. The Morgan fingerprint density at radius 3 is 2.33 bits per heavy atom. The molecule has 0 aliphatic rings. The van der Waals surface area contributed by atoms with E-state index in [-0.39, 0.29) is 0 Å². The van der Waals surface area contributed by atoms with Crippen molar-refractivity contribution >= 4 is 31.9 Å². The molecule has 0 N–H and O–H groups in total. The second-order valence-electron chi connectivity index (χ2n) is 5.17. The van der Waals surface area contributed by atoms with Crippen molar-refractivity contribution in [2.75, 3.05) is 0 Å². The fourth-order valence-corrected chi connectivity index (χ4v) is 3.97. The quantitative estimate of drug-likeness (QED) is 0.484. The Morgan fingerprint density at radius 1 is 1.11 bits per heavy atom. The Kier molecular flexibility index (Phi) is 6.94. The van der Waals surface area contributed by atoms with Gasteiger partial charge in [-0.2, -0.15) is 0 Å². The molecule has 2 atom stereocenters. The molecular weight excluding hydrogens is 352 g/mol. The van der Waals surface area contributed by atoms with Gasteiger partial charge in [-0.1, -0.05) is 71.0 Å². The van der Waals surface area contributed by atoms with Crippen LogP contribution in [0.3, 0.4) is 0 Å². The van der Waals surface area contributed by atoms with E-state index in [9.17, 15) is 0 Å². The predicted octanol–water partition coefficient (Wildman–Crippen LogP) is 6.72. The van der Waals surface area contributed by atoms with Crippen LogP contribution in [0, 0.1) is 19.8 Å². The Morgan fingerprint density at radius 2 is 1.78 bits per heavy atom. The molecule has 102 valence electrons. The zero-order chi connectivity index (χ0) is 13.7. The van der Waals surface area contributed by atoms with Crippen LogP contribution in [0.5, 0.6) is 0 Å². The summed E-state index contributed by atoms with van der Waals surface area (Å²) >= 11 is 7.55. The minimum atomic E-state index is 0.487. The third-order valence-corrected chi connectivity index (χ3v) is 5.81. The molecule has 0 spiro atoms. The molecule has 0 aliphatic carbocycles. The highest BCUT2D eigenvalue weighted by molar-refractivity contribution is 9.10. The minimum absolute atomic E-state index is 0.487. The summed E-state index contributed by atoms with van der Waals surface area (Å²) < 4.78 is 1.21. The summed E-state index contributed by atoms with van der Waals surface area (Å²) in [4.78, 5) is 0.487. The summed E-state index contributed by atoms with van der Waals surface area (Å²) in [7, 11) is 0. The number of aryl methyl sites for hydroxylation is 2. The molecule has 1 aromatic carbocycles. The number of hydrogen-bond donors (Lipinski definition) is 0. The first-order valence-corrected chi connectivity index (χ1v) is 8.62. The molecule has 0 amide bonds. The van der Waals surface area contributed by atoms with Gasteiger partial charge in [-0.15, -0.1) is 0 Å². The topological polar surface area (TPSA) is 0 Å². The van der Waals surface area contributed by atoms with Crippen LogP contribution in [0.1, 0.15) is 61.0 Å². The van der Waals surface area contributed by atoms with Gasteiger partial charge in [0.2, 0.25) is 0 Å². The molecule has 0 saturated heterocycles. The average molecular weight is 376 g/mol. The van der Waals surface area contributed by atoms with Crippen LogP contribution >= 0.6 is 31.9 Å². The zero-order valence-electron chi connectivity index (χ0n) is 11.9. The summed E-state index contributed by atoms with van der Waals surface area (Å²) in [6.45, 7) is 8.95. The molecule has 0 aliphatic heterocycles. The molecule has 0 saturated carbocycles. The lowest BCUT2D eigenvalue weighted by Crippen LogP contribution is -2.08. The number of rotatable bonds is 6. The molecule has 0 fully saturated rings. The summed E-state index contributed by atoms with van der Waals surface area (Å²) in [5, 5.41) is 0. The van der Waals surface area contributed by atoms with Crippen LogP contribution in [-0.2, 0) is 0 Å². The largest absolute Gasteiger partial charge is 0.0836 e. The van der Waals surface area contributed by atoms with E-state index in [1.807, 2.05) is 0 Å². The highest BCUT2D eigenvalue weighted by Crippen LogP contribution is 2.39. The maximum absolute atomic E-state index is 3.94. The van der Waals surface area contributed by atoms with Gasteiger partial charge >= 0.3 is 0 Å². The fourth-order valence-electron chi connectivity index (χ4n) is 2.38. The van der Waals surface area contributed by atoms with Crippen LogP contribution in [0.4, 0.5) is 0 Å². The average Bonchev–Trinajstić information content (AvgIpc) is 2.34. The number of alkyl halides is 1. The molecule has 0 radical (unpaired) electrons. The SMILES string of the molecule is CCCCC(CC)C(Br)c1cc(C)c(Br)cc1C. The van der Waals surface area contributed by atoms with E-state index >= 15 is 0 Å². The van der Waals surface area contributed by atoms with Crippen LogP contribution in [0.15, 0.2) is 16.6 Å². The summed E-state index contributed by atoms with van der Waals surface area (Å²) in [6, 6.07) is 4.57. The molecule has 0 nitrogen and oxygen atoms in total. The van der Waals surface area contributed by atoms with Gasteiger partial charge in [-0.05, 0) is 48.9 Å². The third kappa shape index (κ3) is 4.09. The molecule has 1 rings (SSSR count). The van der Waals surface area contributed by atoms with Crippen molar-refractivity contribution in [2.45, 2.75) is 58.2 Å². The van der Waals surface area contributed by atoms with Crippen LogP contribution in [-0.4, -0.2) is 0 Å². The Bertz CT molecular complexity index is 385. The van der Waals surface area contributed by atoms with Crippen molar-refractivity contribution in [1.29, 1.82) is 0 Å². The van der Waals surface area contributed by atoms with Gasteiger partial charge < -0.3 is 0 Å². The molecule has 2 heteroatoms. The monoisotopic (exact) mass is 374 g/mol. The lowest BCUT2D eigenvalue weighted by atomic mass is 9.89. The first kappa shape index (κ1) is 16.2. The lowest BCUT2D eigenvalue weighted by molar-refractivity contribution is 0.445. The maximum Gasteiger partial charge on any atom is 0.0426 e. The highest BCUT2D eigenvalue weighted by Gasteiger charge is 2.20. The summed E-state index contributed by atoms with van der Waals surface area (Å²) in [5.41, 5.74) is 4.16. The van der Waals surface area contributed by atoms with E-state index in [1.165, 1.54) is 46.8 Å². The molecule has 0 bridgehead atoms.